The Morgan fingerprint density at radius 2 is 2.18 bits per heavy atom. The fraction of sp³-hybridized carbons (Fsp3) is 0.545. The first kappa shape index (κ1) is 22.5. The Kier molecular flexibility index (Phi) is 6.33. The summed E-state index contributed by atoms with van der Waals surface area (Å²) in [6.45, 7) is 5.50. The molecule has 4 N–H and O–H groups in total. The molecule has 3 aromatic heterocycles. The van der Waals surface area contributed by atoms with Crippen LogP contribution in [0.4, 0.5) is 20.8 Å². The van der Waals surface area contributed by atoms with Crippen LogP contribution in [-0.4, -0.2) is 68.9 Å². The lowest BCUT2D eigenvalue weighted by molar-refractivity contribution is 0.0615. The van der Waals surface area contributed by atoms with Gasteiger partial charge in [0.15, 0.2) is 23.9 Å². The quantitative estimate of drug-likeness (QED) is 0.431. The Bertz CT molecular complexity index is 1140. The van der Waals surface area contributed by atoms with Gasteiger partial charge >= 0.3 is 6.09 Å². The van der Waals surface area contributed by atoms with E-state index in [1.54, 1.807) is 26.1 Å². The largest absolute Gasteiger partial charge is 0.441 e. The van der Waals surface area contributed by atoms with E-state index in [-0.39, 0.29) is 12.6 Å². The summed E-state index contributed by atoms with van der Waals surface area (Å²) in [6.07, 6.45) is 1.64. The number of carbonyl (C=O) groups is 1. The van der Waals surface area contributed by atoms with Crippen molar-refractivity contribution >= 4 is 23.2 Å². The molecular weight excluding hydrogens is 443 g/mol. The number of carbonyl (C=O) groups excluding carboxylic acids is 1. The number of fused-ring (bicyclic) bond motifs is 1. The number of halogens is 1. The number of piperidine rings is 1. The van der Waals surface area contributed by atoms with Crippen LogP contribution >= 0.6 is 0 Å². The van der Waals surface area contributed by atoms with Gasteiger partial charge in [0.2, 0.25) is 0 Å². The van der Waals surface area contributed by atoms with Gasteiger partial charge in [0, 0.05) is 18.0 Å². The molecule has 0 radical (unpaired) electrons. The van der Waals surface area contributed by atoms with Crippen LogP contribution in [-0.2, 0) is 9.47 Å². The molecule has 34 heavy (non-hydrogen) atoms. The predicted molar refractivity (Wildman–Crippen MR) is 122 cm³/mol. The number of aromatic nitrogens is 5. The zero-order valence-electron chi connectivity index (χ0n) is 19.1. The van der Waals surface area contributed by atoms with E-state index in [9.17, 15) is 9.18 Å². The Morgan fingerprint density at radius 3 is 2.97 bits per heavy atom. The molecule has 0 spiro atoms. The predicted octanol–water partition coefficient (Wildman–Crippen LogP) is 2.58. The Hall–Kier alpha value is -3.25. The monoisotopic (exact) mass is 472 g/mol. The molecule has 0 bridgehead atoms. The average Bonchev–Trinajstić information content (AvgIpc) is 3.55. The maximum Gasteiger partial charge on any atom is 0.407 e. The Morgan fingerprint density at radius 1 is 1.35 bits per heavy atom. The first-order valence-electron chi connectivity index (χ1n) is 11.6. The maximum absolute atomic E-state index is 15.0. The fourth-order valence-corrected chi connectivity index (χ4v) is 4.36. The van der Waals surface area contributed by atoms with Gasteiger partial charge in [-0.3, -0.25) is 5.10 Å². The van der Waals surface area contributed by atoms with E-state index >= 15 is 0 Å². The molecule has 11 nitrogen and oxygen atoms in total. The summed E-state index contributed by atoms with van der Waals surface area (Å²) in [6, 6.07) is 3.45. The first-order valence-corrected chi connectivity index (χ1v) is 11.6. The molecule has 5 rings (SSSR count). The van der Waals surface area contributed by atoms with E-state index in [0.717, 1.165) is 37.1 Å². The van der Waals surface area contributed by atoms with Gasteiger partial charge < -0.3 is 25.4 Å². The van der Waals surface area contributed by atoms with Crippen LogP contribution in [0.25, 0.3) is 5.52 Å². The number of anilines is 2. The van der Waals surface area contributed by atoms with Crippen LogP contribution in [0, 0.1) is 0 Å². The topological polar surface area (TPSA) is 130 Å². The van der Waals surface area contributed by atoms with E-state index in [4.69, 9.17) is 14.5 Å². The second-order valence-corrected chi connectivity index (χ2v) is 8.97. The lowest BCUT2D eigenvalue weighted by atomic mass is 9.95. The number of amides is 1. The highest BCUT2D eigenvalue weighted by Crippen LogP contribution is 2.34. The zero-order chi connectivity index (χ0) is 23.7. The first-order chi connectivity index (χ1) is 16.5. The molecule has 3 atom stereocenters. The van der Waals surface area contributed by atoms with Crippen molar-refractivity contribution in [1.29, 1.82) is 0 Å². The molecule has 2 saturated heterocycles. The number of nitrogens with one attached hydrogen (secondary N) is 4. The minimum absolute atomic E-state index is 0.0323. The average molecular weight is 473 g/mol. The number of alkyl halides is 1. The molecular formula is C22H29FN8O3. The normalized spacial score (nSPS) is 23.5. The van der Waals surface area contributed by atoms with Gasteiger partial charge in [0.25, 0.3) is 0 Å². The molecule has 3 aromatic rings. The van der Waals surface area contributed by atoms with Crippen LogP contribution in [0.5, 0.6) is 0 Å². The van der Waals surface area contributed by atoms with Crippen LogP contribution in [0.2, 0.25) is 0 Å². The second-order valence-electron chi connectivity index (χ2n) is 8.97. The molecule has 5 heterocycles. The van der Waals surface area contributed by atoms with Gasteiger partial charge in [-0.2, -0.15) is 10.2 Å². The summed E-state index contributed by atoms with van der Waals surface area (Å²) in [5, 5.41) is 20.7. The third-order valence-corrected chi connectivity index (χ3v) is 6.07. The van der Waals surface area contributed by atoms with Gasteiger partial charge in [0.05, 0.1) is 30.4 Å². The minimum Gasteiger partial charge on any atom is -0.441 e. The van der Waals surface area contributed by atoms with Crippen LogP contribution < -0.4 is 16.0 Å². The fourth-order valence-electron chi connectivity index (χ4n) is 4.36. The highest BCUT2D eigenvalue weighted by Gasteiger charge is 2.42. The van der Waals surface area contributed by atoms with Gasteiger partial charge in [0.1, 0.15) is 11.6 Å². The minimum atomic E-state index is -1.52. The molecule has 0 saturated carbocycles. The summed E-state index contributed by atoms with van der Waals surface area (Å²) in [5.41, 5.74) is 2.23. The second kappa shape index (κ2) is 9.55. The molecule has 12 heteroatoms. The zero-order valence-corrected chi connectivity index (χ0v) is 19.1. The van der Waals surface area contributed by atoms with Crippen molar-refractivity contribution < 1.29 is 18.7 Å². The van der Waals surface area contributed by atoms with Crippen molar-refractivity contribution in [2.75, 3.05) is 25.0 Å². The van der Waals surface area contributed by atoms with Gasteiger partial charge in [-0.15, -0.1) is 0 Å². The number of nitrogens with zero attached hydrogens (tertiary/aromatic N) is 4. The van der Waals surface area contributed by atoms with Crippen LogP contribution in [0.1, 0.15) is 50.1 Å². The van der Waals surface area contributed by atoms with Crippen molar-refractivity contribution in [2.24, 2.45) is 0 Å². The number of hydrogen-bond donors (Lipinski definition) is 4. The van der Waals surface area contributed by atoms with Crippen LogP contribution in [0.15, 0.2) is 24.5 Å². The third-order valence-electron chi connectivity index (χ3n) is 6.07. The SMILES string of the molecule is CC(C)NC(=O)O[C@H]1CO[C@@H](c2cc(Nc3nc(C4CCNCC4)cn4nccc34)n[nH]2)[C@@H]1F. The molecule has 0 unspecified atom stereocenters. The highest BCUT2D eigenvalue weighted by atomic mass is 19.1. The Balaban J connectivity index is 1.30. The molecule has 1 amide bonds. The summed E-state index contributed by atoms with van der Waals surface area (Å²) < 4.78 is 27.5. The van der Waals surface area contributed by atoms with Crippen LogP contribution in [0.3, 0.4) is 0 Å². The molecule has 2 aliphatic heterocycles. The van der Waals surface area contributed by atoms with Gasteiger partial charge in [-0.1, -0.05) is 0 Å². The molecule has 2 fully saturated rings. The van der Waals surface area contributed by atoms with E-state index < -0.39 is 24.5 Å². The van der Waals surface area contributed by atoms with Crippen molar-refractivity contribution in [3.63, 3.8) is 0 Å². The molecule has 182 valence electrons. The highest BCUT2D eigenvalue weighted by molar-refractivity contribution is 5.72. The molecule has 0 aromatic carbocycles. The maximum atomic E-state index is 15.0. The number of ether oxygens (including phenoxy) is 2. The van der Waals surface area contributed by atoms with Gasteiger partial charge in [-0.05, 0) is 45.8 Å². The van der Waals surface area contributed by atoms with Crippen molar-refractivity contribution in [3.05, 3.63) is 35.9 Å². The number of H-pyrrole nitrogens is 1. The lowest BCUT2D eigenvalue weighted by Gasteiger charge is -2.22. The lowest BCUT2D eigenvalue weighted by Crippen LogP contribution is -2.36. The van der Waals surface area contributed by atoms with Gasteiger partial charge in [-0.25, -0.2) is 18.7 Å². The summed E-state index contributed by atoms with van der Waals surface area (Å²) in [4.78, 5) is 16.7. The number of alkyl carbamates (subject to hydrolysis) is 1. The summed E-state index contributed by atoms with van der Waals surface area (Å²) in [7, 11) is 0. The van der Waals surface area contributed by atoms with E-state index in [0.29, 0.717) is 23.2 Å². The standard InChI is InChI=1S/C22H29FN8O3/c1-12(2)26-22(32)34-17-11-33-20(19(17)23)14-9-18(30-29-14)28-21-16-5-8-25-31(16)10-15(27-21)13-3-6-24-7-4-13/h5,8-10,12-13,17,19-20,24H,3-4,6-7,11H2,1-2H3,(H,26,32)(H2,27,28,29,30)/t17-,19+,20-/m0/s1. The van der Waals surface area contributed by atoms with E-state index in [2.05, 4.69) is 31.2 Å². The molecule has 2 aliphatic rings. The van der Waals surface area contributed by atoms with E-state index in [1.807, 2.05) is 16.8 Å². The van der Waals surface area contributed by atoms with Crippen molar-refractivity contribution in [1.82, 2.24) is 35.4 Å². The summed E-state index contributed by atoms with van der Waals surface area (Å²) in [5.74, 6) is 1.46. The van der Waals surface area contributed by atoms with Crippen molar-refractivity contribution in [2.45, 2.75) is 57.0 Å². The summed E-state index contributed by atoms with van der Waals surface area (Å²) >= 11 is 0. The van der Waals surface area contributed by atoms with E-state index in [1.165, 1.54) is 0 Å². The number of hydrogen-bond acceptors (Lipinski definition) is 8. The third kappa shape index (κ3) is 4.68. The molecule has 0 aliphatic carbocycles. The number of rotatable bonds is 6. The number of aromatic amines is 1. The Labute approximate surface area is 195 Å². The van der Waals surface area contributed by atoms with Crippen molar-refractivity contribution in [3.8, 4) is 0 Å². The smallest absolute Gasteiger partial charge is 0.407 e.